The van der Waals surface area contributed by atoms with Crippen molar-refractivity contribution in [2.75, 3.05) is 0 Å². The van der Waals surface area contributed by atoms with Gasteiger partial charge in [-0.05, 0) is 65.8 Å². The summed E-state index contributed by atoms with van der Waals surface area (Å²) in [5.74, 6) is 0. The van der Waals surface area contributed by atoms with Crippen LogP contribution in [0.25, 0.3) is 44.2 Å². The van der Waals surface area contributed by atoms with E-state index in [1.165, 1.54) is 40.5 Å². The van der Waals surface area contributed by atoms with Gasteiger partial charge in [0.25, 0.3) is 0 Å². The van der Waals surface area contributed by atoms with Gasteiger partial charge < -0.3 is 4.42 Å². The quantitative estimate of drug-likeness (QED) is 0.247. The SMILES string of the molecule is Cc1cc[n+](C)c(-c2c(C)ccc3c2oc2nc4c5c(ccc4cc23)C(C)(C)CCC5(C)C)c1. The molecule has 0 unspecified atom stereocenters. The number of hydrogen-bond donors (Lipinski definition) is 0. The van der Waals surface area contributed by atoms with Crippen molar-refractivity contribution in [3.05, 3.63) is 70.9 Å². The topological polar surface area (TPSA) is 29.9 Å². The molecule has 0 aliphatic heterocycles. The predicted molar refractivity (Wildman–Crippen MR) is 140 cm³/mol. The Labute approximate surface area is 201 Å². The molecule has 0 N–H and O–H groups in total. The van der Waals surface area contributed by atoms with Crippen molar-refractivity contribution in [2.45, 2.75) is 65.2 Å². The molecule has 3 heterocycles. The lowest BCUT2D eigenvalue weighted by atomic mass is 9.62. The molecule has 6 rings (SSSR count). The van der Waals surface area contributed by atoms with E-state index in [1.807, 2.05) is 0 Å². The highest BCUT2D eigenvalue weighted by molar-refractivity contribution is 6.11. The minimum atomic E-state index is 0.0914. The van der Waals surface area contributed by atoms with Crippen LogP contribution >= 0.6 is 0 Å². The van der Waals surface area contributed by atoms with Crippen LogP contribution in [-0.2, 0) is 17.9 Å². The summed E-state index contributed by atoms with van der Waals surface area (Å²) >= 11 is 0. The van der Waals surface area contributed by atoms with Gasteiger partial charge in [-0.15, -0.1) is 0 Å². The van der Waals surface area contributed by atoms with Crippen LogP contribution in [0.15, 0.2) is 53.1 Å². The Kier molecular flexibility index (Phi) is 4.34. The van der Waals surface area contributed by atoms with Crippen molar-refractivity contribution >= 4 is 33.0 Å². The third-order valence-electron chi connectivity index (χ3n) is 8.15. The number of hydrogen-bond acceptors (Lipinski definition) is 2. The van der Waals surface area contributed by atoms with Gasteiger partial charge in [0.05, 0.1) is 11.1 Å². The zero-order valence-corrected chi connectivity index (χ0v) is 21.3. The molecule has 1 aliphatic carbocycles. The highest BCUT2D eigenvalue weighted by Crippen LogP contribution is 2.48. The standard InChI is InChI=1S/C31H33N2O/c1-18-12-15-33(7)24(16-18)25-19(2)8-10-21-22-17-20-9-11-23-26(27(20)32-29(22)34-28(21)25)31(5,6)14-13-30(23,3)4/h8-12,15-17H,13-14H2,1-7H3/q+1. The van der Waals surface area contributed by atoms with E-state index in [9.17, 15) is 0 Å². The van der Waals surface area contributed by atoms with Crippen molar-refractivity contribution < 1.29 is 8.98 Å². The molecule has 0 amide bonds. The average molecular weight is 450 g/mol. The van der Waals surface area contributed by atoms with Crippen molar-refractivity contribution in [2.24, 2.45) is 7.05 Å². The summed E-state index contributed by atoms with van der Waals surface area (Å²) in [6.07, 6.45) is 4.48. The lowest BCUT2D eigenvalue weighted by molar-refractivity contribution is -0.660. The molecule has 0 bridgehead atoms. The Morgan fingerprint density at radius 1 is 0.882 bits per heavy atom. The molecule has 0 spiro atoms. The summed E-state index contributed by atoms with van der Waals surface area (Å²) in [7, 11) is 2.10. The van der Waals surface area contributed by atoms with Gasteiger partial charge in [0.2, 0.25) is 11.4 Å². The van der Waals surface area contributed by atoms with Crippen molar-refractivity contribution in [3.63, 3.8) is 0 Å². The Bertz CT molecular complexity index is 1640. The molecule has 0 atom stereocenters. The zero-order chi connectivity index (χ0) is 24.0. The maximum Gasteiger partial charge on any atom is 0.227 e. The fourth-order valence-electron chi connectivity index (χ4n) is 5.97. The number of pyridine rings is 2. The van der Waals surface area contributed by atoms with E-state index in [0.717, 1.165) is 38.8 Å². The second kappa shape index (κ2) is 6.91. The minimum absolute atomic E-state index is 0.0914. The van der Waals surface area contributed by atoms with Crippen LogP contribution in [0.4, 0.5) is 0 Å². The smallest absolute Gasteiger partial charge is 0.227 e. The first-order valence-electron chi connectivity index (χ1n) is 12.3. The molecule has 1 aliphatic rings. The Balaban J connectivity index is 1.71. The highest BCUT2D eigenvalue weighted by atomic mass is 16.3. The van der Waals surface area contributed by atoms with Gasteiger partial charge in [-0.25, -0.2) is 9.55 Å². The summed E-state index contributed by atoms with van der Waals surface area (Å²) in [5, 5.41) is 3.42. The van der Waals surface area contributed by atoms with Gasteiger partial charge in [0, 0.05) is 28.3 Å². The van der Waals surface area contributed by atoms with E-state index in [2.05, 4.69) is 102 Å². The van der Waals surface area contributed by atoms with E-state index in [0.29, 0.717) is 0 Å². The van der Waals surface area contributed by atoms with E-state index in [4.69, 9.17) is 9.40 Å². The molecule has 2 aromatic carbocycles. The molecule has 172 valence electrons. The summed E-state index contributed by atoms with van der Waals surface area (Å²) in [4.78, 5) is 5.22. The molecule has 0 fully saturated rings. The number of aromatic nitrogens is 2. The van der Waals surface area contributed by atoms with E-state index < -0.39 is 0 Å². The highest BCUT2D eigenvalue weighted by Gasteiger charge is 2.38. The lowest BCUT2D eigenvalue weighted by Crippen LogP contribution is -2.34. The molecule has 3 heteroatoms. The third kappa shape index (κ3) is 2.95. The normalized spacial score (nSPS) is 16.9. The first-order chi connectivity index (χ1) is 16.1. The number of nitrogens with zero attached hydrogens (tertiary/aromatic N) is 2. The monoisotopic (exact) mass is 449 g/mol. The van der Waals surface area contributed by atoms with Gasteiger partial charge >= 0.3 is 0 Å². The molecular weight excluding hydrogens is 416 g/mol. The molecular formula is C31H33N2O+. The van der Waals surface area contributed by atoms with Crippen molar-refractivity contribution in [1.82, 2.24) is 4.98 Å². The zero-order valence-electron chi connectivity index (χ0n) is 21.3. The van der Waals surface area contributed by atoms with Crippen LogP contribution < -0.4 is 4.57 Å². The molecule has 3 nitrogen and oxygen atoms in total. The number of rotatable bonds is 1. The minimum Gasteiger partial charge on any atom is -0.437 e. The van der Waals surface area contributed by atoms with Gasteiger partial charge in [0.1, 0.15) is 7.05 Å². The largest absolute Gasteiger partial charge is 0.437 e. The molecule has 0 saturated carbocycles. The molecule has 5 aromatic rings. The Hall–Kier alpha value is -3.20. The maximum absolute atomic E-state index is 6.61. The summed E-state index contributed by atoms with van der Waals surface area (Å²) in [6, 6.07) is 15.7. The number of benzene rings is 2. The van der Waals surface area contributed by atoms with Crippen LogP contribution in [-0.4, -0.2) is 4.98 Å². The van der Waals surface area contributed by atoms with Crippen LogP contribution in [0, 0.1) is 13.8 Å². The Morgan fingerprint density at radius 3 is 2.44 bits per heavy atom. The first kappa shape index (κ1) is 21.3. The number of aryl methyl sites for hydroxylation is 3. The van der Waals surface area contributed by atoms with Crippen molar-refractivity contribution in [1.29, 1.82) is 0 Å². The molecule has 3 aromatic heterocycles. The second-order valence-corrected chi connectivity index (χ2v) is 11.6. The fourth-order valence-corrected chi connectivity index (χ4v) is 5.97. The fraction of sp³-hybridized carbons (Fsp3) is 0.355. The van der Waals surface area contributed by atoms with E-state index in [-0.39, 0.29) is 10.8 Å². The van der Waals surface area contributed by atoms with E-state index in [1.54, 1.807) is 0 Å². The van der Waals surface area contributed by atoms with E-state index >= 15 is 0 Å². The van der Waals surface area contributed by atoms with Crippen LogP contribution in [0.1, 0.15) is 62.8 Å². The second-order valence-electron chi connectivity index (χ2n) is 11.6. The third-order valence-corrected chi connectivity index (χ3v) is 8.15. The molecule has 34 heavy (non-hydrogen) atoms. The van der Waals surface area contributed by atoms with Gasteiger partial charge in [-0.2, -0.15) is 0 Å². The van der Waals surface area contributed by atoms with Gasteiger partial charge in [-0.1, -0.05) is 52.0 Å². The van der Waals surface area contributed by atoms with Gasteiger partial charge in [0.15, 0.2) is 11.8 Å². The van der Waals surface area contributed by atoms with Crippen LogP contribution in [0.3, 0.4) is 0 Å². The number of fused-ring (bicyclic) bond motifs is 6. The summed E-state index contributed by atoms with van der Waals surface area (Å²) in [6.45, 7) is 13.8. The summed E-state index contributed by atoms with van der Waals surface area (Å²) in [5.41, 5.74) is 10.6. The van der Waals surface area contributed by atoms with Crippen molar-refractivity contribution in [3.8, 4) is 11.3 Å². The average Bonchev–Trinajstić information content (AvgIpc) is 3.14. The van der Waals surface area contributed by atoms with Crippen LogP contribution in [0.5, 0.6) is 0 Å². The molecule has 0 saturated heterocycles. The van der Waals surface area contributed by atoms with Gasteiger partial charge in [-0.3, -0.25) is 0 Å². The summed E-state index contributed by atoms with van der Waals surface area (Å²) < 4.78 is 8.78. The first-order valence-corrected chi connectivity index (χ1v) is 12.3. The lowest BCUT2D eigenvalue weighted by Gasteiger charge is -2.42. The van der Waals surface area contributed by atoms with Crippen LogP contribution in [0.2, 0.25) is 0 Å². The Morgan fingerprint density at radius 2 is 1.65 bits per heavy atom. The number of furan rings is 1. The molecule has 0 radical (unpaired) electrons. The predicted octanol–water partition coefficient (Wildman–Crippen LogP) is 7.59. The maximum atomic E-state index is 6.61.